The van der Waals surface area contributed by atoms with Gasteiger partial charge in [-0.1, -0.05) is 84.9 Å². The molecular weight excluding hydrogens is 404 g/mol. The van der Waals surface area contributed by atoms with E-state index in [9.17, 15) is 4.79 Å². The summed E-state index contributed by atoms with van der Waals surface area (Å²) >= 11 is 0. The van der Waals surface area contributed by atoms with E-state index in [0.717, 1.165) is 54.8 Å². The Hall–Kier alpha value is -4.50. The van der Waals surface area contributed by atoms with Gasteiger partial charge in [-0.15, -0.1) is 0 Å². The minimum absolute atomic E-state index is 0.0264. The lowest BCUT2D eigenvalue weighted by molar-refractivity contribution is 1.19. The van der Waals surface area contributed by atoms with Crippen LogP contribution in [-0.2, 0) is 0 Å². The molecule has 2 aromatic heterocycles. The van der Waals surface area contributed by atoms with Crippen LogP contribution in [-0.4, -0.2) is 9.38 Å². The number of nitrogens with zero attached hydrogens (tertiary/aromatic N) is 2. The Labute approximate surface area is 189 Å². The Bertz CT molecular complexity index is 1870. The van der Waals surface area contributed by atoms with Gasteiger partial charge in [0.05, 0.1) is 11.0 Å². The van der Waals surface area contributed by atoms with Crippen LogP contribution in [0.3, 0.4) is 0 Å². The Balaban J connectivity index is 1.59. The minimum atomic E-state index is -0.0264. The molecule has 0 unspecified atom stereocenters. The third kappa shape index (κ3) is 2.63. The van der Waals surface area contributed by atoms with Crippen LogP contribution in [0.25, 0.3) is 60.5 Å². The zero-order valence-electron chi connectivity index (χ0n) is 17.7. The summed E-state index contributed by atoms with van der Waals surface area (Å²) in [4.78, 5) is 18.8. The lowest BCUT2D eigenvalue weighted by Gasteiger charge is -2.10. The Morgan fingerprint density at radius 3 is 2.06 bits per heavy atom. The van der Waals surface area contributed by atoms with Gasteiger partial charge in [-0.2, -0.15) is 0 Å². The first-order chi connectivity index (χ1) is 16.3. The molecule has 0 radical (unpaired) electrons. The molecule has 0 N–H and O–H groups in total. The molecule has 0 aliphatic rings. The summed E-state index contributed by atoms with van der Waals surface area (Å²) in [6, 6.07) is 37.0. The molecule has 7 rings (SSSR count). The number of fused-ring (bicyclic) bond motifs is 4. The maximum atomic E-state index is 13.8. The van der Waals surface area contributed by atoms with Crippen LogP contribution >= 0.6 is 0 Å². The number of benzene rings is 5. The third-order valence-corrected chi connectivity index (χ3v) is 6.52. The minimum Gasteiger partial charge on any atom is -0.268 e. The van der Waals surface area contributed by atoms with E-state index in [0.29, 0.717) is 5.65 Å². The van der Waals surface area contributed by atoms with Crippen LogP contribution in [0.5, 0.6) is 0 Å². The molecule has 154 valence electrons. The Morgan fingerprint density at radius 1 is 0.576 bits per heavy atom. The normalized spacial score (nSPS) is 11.8. The highest BCUT2D eigenvalue weighted by molar-refractivity contribution is 6.16. The predicted octanol–water partition coefficient (Wildman–Crippen LogP) is 6.93. The second kappa shape index (κ2) is 6.75. The maximum Gasteiger partial charge on any atom is 0.264 e. The molecule has 7 aromatic rings. The number of hydrogen-bond acceptors (Lipinski definition) is 2. The van der Waals surface area contributed by atoms with Gasteiger partial charge in [-0.3, -0.25) is 9.20 Å². The van der Waals surface area contributed by atoms with E-state index >= 15 is 0 Å². The van der Waals surface area contributed by atoms with Gasteiger partial charge < -0.3 is 0 Å². The van der Waals surface area contributed by atoms with E-state index in [1.165, 1.54) is 0 Å². The molecule has 0 amide bonds. The van der Waals surface area contributed by atoms with Crippen LogP contribution in [0, 0.1) is 0 Å². The maximum absolute atomic E-state index is 13.8. The van der Waals surface area contributed by atoms with Gasteiger partial charge in [0.15, 0.2) is 0 Å². The smallest absolute Gasteiger partial charge is 0.264 e. The van der Waals surface area contributed by atoms with Crippen LogP contribution in [0.4, 0.5) is 0 Å². The summed E-state index contributed by atoms with van der Waals surface area (Å²) < 4.78 is 1.77. The summed E-state index contributed by atoms with van der Waals surface area (Å²) in [6.45, 7) is 0. The summed E-state index contributed by atoms with van der Waals surface area (Å²) in [5, 5.41) is 3.76. The van der Waals surface area contributed by atoms with Crippen molar-refractivity contribution in [3.05, 3.63) is 120 Å². The fourth-order valence-corrected chi connectivity index (χ4v) is 4.98. The van der Waals surface area contributed by atoms with Crippen LogP contribution in [0.1, 0.15) is 0 Å². The summed E-state index contributed by atoms with van der Waals surface area (Å²) in [5.74, 6) is 0. The van der Waals surface area contributed by atoms with Crippen molar-refractivity contribution in [2.75, 3.05) is 0 Å². The van der Waals surface area contributed by atoms with Gasteiger partial charge in [0.1, 0.15) is 5.65 Å². The lowest BCUT2D eigenvalue weighted by atomic mass is 9.96. The Morgan fingerprint density at radius 2 is 1.30 bits per heavy atom. The highest BCUT2D eigenvalue weighted by atomic mass is 16.1. The molecular formula is C30H18N2O. The SMILES string of the molecule is O=c1c2cc(-c3ccccc3)cc3cccc(c32)c2nc3cc(-c4ccccc4)ccc3n12. The van der Waals surface area contributed by atoms with Crippen molar-refractivity contribution in [1.82, 2.24) is 9.38 Å². The first-order valence-electron chi connectivity index (χ1n) is 11.0. The summed E-state index contributed by atoms with van der Waals surface area (Å²) in [5.41, 5.74) is 6.72. The van der Waals surface area contributed by atoms with Gasteiger partial charge in [-0.25, -0.2) is 4.98 Å². The summed E-state index contributed by atoms with van der Waals surface area (Å²) in [7, 11) is 0. The second-order valence-corrected chi connectivity index (χ2v) is 8.44. The third-order valence-electron chi connectivity index (χ3n) is 6.52. The van der Waals surface area contributed by atoms with Crippen molar-refractivity contribution in [3.63, 3.8) is 0 Å². The number of pyridine rings is 1. The van der Waals surface area contributed by atoms with E-state index in [2.05, 4.69) is 54.6 Å². The number of rotatable bonds is 2. The quantitative estimate of drug-likeness (QED) is 0.303. The second-order valence-electron chi connectivity index (χ2n) is 8.44. The van der Waals surface area contributed by atoms with Gasteiger partial charge >= 0.3 is 0 Å². The molecule has 0 aliphatic heterocycles. The standard InChI is InChI=1S/C30H18N2O/c33-30-25-17-23(20-10-5-2-6-11-20)16-22-12-7-13-24(28(22)25)29-31-26-18-21(14-15-27(26)32(29)30)19-8-3-1-4-9-19/h1-18H. The number of imidazole rings is 1. The molecule has 0 saturated carbocycles. The van der Waals surface area contributed by atoms with Crippen molar-refractivity contribution in [2.24, 2.45) is 0 Å². The highest BCUT2D eigenvalue weighted by Gasteiger charge is 2.17. The molecule has 0 fully saturated rings. The van der Waals surface area contributed by atoms with Crippen LogP contribution in [0.15, 0.2) is 114 Å². The number of aromatic nitrogens is 2. The van der Waals surface area contributed by atoms with Crippen LogP contribution in [0.2, 0.25) is 0 Å². The highest BCUT2D eigenvalue weighted by Crippen LogP contribution is 2.34. The van der Waals surface area contributed by atoms with Crippen molar-refractivity contribution in [1.29, 1.82) is 0 Å². The van der Waals surface area contributed by atoms with Gasteiger partial charge in [0, 0.05) is 16.2 Å². The Kier molecular flexibility index (Phi) is 3.70. The number of hydrogen-bond donors (Lipinski definition) is 0. The van der Waals surface area contributed by atoms with Gasteiger partial charge in [-0.05, 0) is 51.9 Å². The van der Waals surface area contributed by atoms with E-state index in [1.807, 2.05) is 54.6 Å². The first-order valence-corrected chi connectivity index (χ1v) is 11.0. The molecule has 3 nitrogen and oxygen atoms in total. The molecule has 0 bridgehead atoms. The van der Waals surface area contributed by atoms with Gasteiger partial charge in [0.2, 0.25) is 0 Å². The van der Waals surface area contributed by atoms with E-state index in [4.69, 9.17) is 4.98 Å². The van der Waals surface area contributed by atoms with Crippen molar-refractivity contribution in [3.8, 4) is 22.3 Å². The average Bonchev–Trinajstić information content (AvgIpc) is 3.27. The predicted molar refractivity (Wildman–Crippen MR) is 136 cm³/mol. The van der Waals surface area contributed by atoms with E-state index in [1.54, 1.807) is 4.40 Å². The molecule has 5 aromatic carbocycles. The average molecular weight is 422 g/mol. The molecule has 33 heavy (non-hydrogen) atoms. The van der Waals surface area contributed by atoms with Crippen molar-refractivity contribution < 1.29 is 0 Å². The van der Waals surface area contributed by atoms with E-state index in [-0.39, 0.29) is 5.56 Å². The topological polar surface area (TPSA) is 34.4 Å². The monoisotopic (exact) mass is 422 g/mol. The molecule has 0 atom stereocenters. The lowest BCUT2D eigenvalue weighted by Crippen LogP contribution is -2.13. The van der Waals surface area contributed by atoms with Crippen LogP contribution < -0.4 is 5.56 Å². The molecule has 2 heterocycles. The largest absolute Gasteiger partial charge is 0.268 e. The first kappa shape index (κ1) is 18.1. The zero-order valence-corrected chi connectivity index (χ0v) is 17.7. The fraction of sp³-hybridized carbons (Fsp3) is 0. The zero-order chi connectivity index (χ0) is 21.9. The molecule has 3 heteroatoms. The fourth-order valence-electron chi connectivity index (χ4n) is 4.98. The summed E-state index contributed by atoms with van der Waals surface area (Å²) in [6.07, 6.45) is 0. The molecule has 0 aliphatic carbocycles. The molecule has 0 spiro atoms. The van der Waals surface area contributed by atoms with Gasteiger partial charge in [0.25, 0.3) is 5.56 Å². The van der Waals surface area contributed by atoms with E-state index < -0.39 is 0 Å². The van der Waals surface area contributed by atoms with Crippen molar-refractivity contribution >= 4 is 38.2 Å². The molecule has 0 saturated heterocycles. The van der Waals surface area contributed by atoms with Crippen molar-refractivity contribution in [2.45, 2.75) is 0 Å².